The van der Waals surface area contributed by atoms with Crippen LogP contribution in [0.3, 0.4) is 0 Å². The fourth-order valence-corrected chi connectivity index (χ4v) is 4.76. The first-order chi connectivity index (χ1) is 16.0. The monoisotopic (exact) mass is 470 g/mol. The molecule has 174 valence electrons. The number of carboxylic acids is 1. The Labute approximate surface area is 197 Å². The third kappa shape index (κ3) is 5.23. The quantitative estimate of drug-likeness (QED) is 0.290. The normalized spacial score (nSPS) is 13.8. The Morgan fingerprint density at radius 1 is 1.24 bits per heavy atom. The number of nitrogens with one attached hydrogen (secondary N) is 1. The van der Waals surface area contributed by atoms with Crippen LogP contribution in [-0.2, 0) is 13.1 Å². The van der Waals surface area contributed by atoms with Crippen molar-refractivity contribution in [1.29, 1.82) is 0 Å². The molecule has 33 heavy (non-hydrogen) atoms. The van der Waals surface area contributed by atoms with Gasteiger partial charge < -0.3 is 19.7 Å². The molecule has 0 bridgehead atoms. The van der Waals surface area contributed by atoms with Gasteiger partial charge in [-0.15, -0.1) is 0 Å². The summed E-state index contributed by atoms with van der Waals surface area (Å²) in [4.78, 5) is 12.4. The molecule has 0 amide bonds. The molecule has 1 aliphatic rings. The number of hydrogen-bond donors (Lipinski definition) is 2. The van der Waals surface area contributed by atoms with E-state index >= 15 is 0 Å². The minimum Gasteiger partial charge on any atom is -0.497 e. The lowest BCUT2D eigenvalue weighted by Gasteiger charge is -2.13. The summed E-state index contributed by atoms with van der Waals surface area (Å²) in [7, 11) is 1.58. The molecule has 0 aliphatic heterocycles. The Morgan fingerprint density at radius 3 is 2.79 bits per heavy atom. The number of carboxylic acid groups (broad SMARTS) is 1. The average Bonchev–Trinajstić information content (AvgIpc) is 3.12. The molecular weight excluding hydrogens is 443 g/mol. The molecule has 0 saturated heterocycles. The SMILES string of the molecule is COc1ccc2c(CNCCC3=CCCCC3)c(C(=O)O)n(Cc3ccc(F)cc3Cl)c2c1. The number of methoxy groups -OCH3 is 1. The van der Waals surface area contributed by atoms with E-state index in [1.807, 2.05) is 18.2 Å². The highest BCUT2D eigenvalue weighted by molar-refractivity contribution is 6.31. The largest absolute Gasteiger partial charge is 0.497 e. The molecule has 0 saturated carbocycles. The van der Waals surface area contributed by atoms with Crippen LogP contribution >= 0.6 is 11.6 Å². The first kappa shape index (κ1) is 23.3. The predicted molar refractivity (Wildman–Crippen MR) is 129 cm³/mol. The van der Waals surface area contributed by atoms with E-state index in [-0.39, 0.29) is 17.3 Å². The summed E-state index contributed by atoms with van der Waals surface area (Å²) in [6, 6.07) is 9.71. The molecule has 1 aromatic heterocycles. The second kappa shape index (κ2) is 10.4. The molecule has 4 rings (SSSR count). The number of carbonyl (C=O) groups is 1. The highest BCUT2D eigenvalue weighted by Crippen LogP contribution is 2.32. The molecule has 7 heteroatoms. The average molecular weight is 471 g/mol. The van der Waals surface area contributed by atoms with Gasteiger partial charge >= 0.3 is 5.97 Å². The second-order valence-corrected chi connectivity index (χ2v) is 8.78. The Morgan fingerprint density at radius 2 is 2.09 bits per heavy atom. The van der Waals surface area contributed by atoms with Crippen molar-refractivity contribution in [2.45, 2.75) is 45.2 Å². The van der Waals surface area contributed by atoms with Crippen LogP contribution in [0.5, 0.6) is 5.75 Å². The number of fused-ring (bicyclic) bond motifs is 1. The molecule has 0 atom stereocenters. The third-order valence-corrected chi connectivity index (χ3v) is 6.58. The van der Waals surface area contributed by atoms with Crippen molar-refractivity contribution in [3.63, 3.8) is 0 Å². The van der Waals surface area contributed by atoms with Crippen molar-refractivity contribution in [2.24, 2.45) is 0 Å². The zero-order valence-corrected chi connectivity index (χ0v) is 19.4. The maximum Gasteiger partial charge on any atom is 0.352 e. The van der Waals surface area contributed by atoms with E-state index in [4.69, 9.17) is 16.3 Å². The molecule has 2 aromatic carbocycles. The fraction of sp³-hybridized carbons (Fsp3) is 0.346. The zero-order valence-electron chi connectivity index (χ0n) is 18.7. The van der Waals surface area contributed by atoms with Crippen molar-refractivity contribution in [3.8, 4) is 5.75 Å². The number of nitrogens with zero attached hydrogens (tertiary/aromatic N) is 1. The van der Waals surface area contributed by atoms with Crippen molar-refractivity contribution in [1.82, 2.24) is 9.88 Å². The minimum absolute atomic E-state index is 0.197. The van der Waals surface area contributed by atoms with Gasteiger partial charge in [0, 0.05) is 35.1 Å². The number of aromatic nitrogens is 1. The van der Waals surface area contributed by atoms with Gasteiger partial charge in [-0.05, 0) is 68.5 Å². The van der Waals surface area contributed by atoms with Crippen LogP contribution in [-0.4, -0.2) is 29.3 Å². The number of rotatable bonds is 9. The molecular formula is C26H28ClFN2O3. The summed E-state index contributed by atoms with van der Waals surface area (Å²) in [5, 5.41) is 14.7. The molecule has 2 N–H and O–H groups in total. The highest BCUT2D eigenvalue weighted by Gasteiger charge is 2.23. The third-order valence-electron chi connectivity index (χ3n) is 6.23. The van der Waals surface area contributed by atoms with Gasteiger partial charge in [-0.3, -0.25) is 0 Å². The van der Waals surface area contributed by atoms with Crippen LogP contribution in [0.25, 0.3) is 10.9 Å². The van der Waals surface area contributed by atoms with Gasteiger partial charge in [0.2, 0.25) is 0 Å². The van der Waals surface area contributed by atoms with Gasteiger partial charge in [0.05, 0.1) is 12.6 Å². The van der Waals surface area contributed by atoms with Crippen molar-refractivity contribution in [2.75, 3.05) is 13.7 Å². The lowest BCUT2D eigenvalue weighted by molar-refractivity contribution is 0.0684. The van der Waals surface area contributed by atoms with Gasteiger partial charge in [0.25, 0.3) is 0 Å². The van der Waals surface area contributed by atoms with Crippen LogP contribution in [0.1, 0.15) is 53.7 Å². The van der Waals surface area contributed by atoms with Crippen LogP contribution in [0.2, 0.25) is 5.02 Å². The van der Waals surface area contributed by atoms with Gasteiger partial charge in [-0.2, -0.15) is 0 Å². The van der Waals surface area contributed by atoms with Crippen molar-refractivity contribution in [3.05, 3.63) is 75.7 Å². The predicted octanol–water partition coefficient (Wildman–Crippen LogP) is 6.17. The maximum atomic E-state index is 13.5. The maximum absolute atomic E-state index is 13.5. The smallest absolute Gasteiger partial charge is 0.352 e. The van der Waals surface area contributed by atoms with Gasteiger partial charge in [0.1, 0.15) is 17.3 Å². The van der Waals surface area contributed by atoms with E-state index in [1.165, 1.54) is 30.5 Å². The van der Waals surface area contributed by atoms with E-state index in [2.05, 4.69) is 11.4 Å². The van der Waals surface area contributed by atoms with E-state index < -0.39 is 11.8 Å². The Hall–Kier alpha value is -2.83. The number of aromatic carboxylic acids is 1. The number of allylic oxidation sites excluding steroid dienone is 1. The molecule has 0 fully saturated rings. The van der Waals surface area contributed by atoms with Crippen LogP contribution < -0.4 is 10.1 Å². The summed E-state index contributed by atoms with van der Waals surface area (Å²) in [5.41, 5.74) is 3.77. The van der Waals surface area contributed by atoms with Crippen LogP contribution in [0.4, 0.5) is 4.39 Å². The van der Waals surface area contributed by atoms with E-state index in [9.17, 15) is 14.3 Å². The summed E-state index contributed by atoms with van der Waals surface area (Å²) in [5.74, 6) is -0.818. The molecule has 0 unspecified atom stereocenters. The van der Waals surface area contributed by atoms with E-state index in [1.54, 1.807) is 17.7 Å². The Balaban J connectivity index is 1.68. The zero-order chi connectivity index (χ0) is 23.4. The number of hydrogen-bond acceptors (Lipinski definition) is 3. The summed E-state index contributed by atoms with van der Waals surface area (Å²) in [6.45, 7) is 1.43. The molecule has 5 nitrogen and oxygen atoms in total. The highest BCUT2D eigenvalue weighted by atomic mass is 35.5. The number of ether oxygens (including phenoxy) is 1. The van der Waals surface area contributed by atoms with Gasteiger partial charge in [0.15, 0.2) is 0 Å². The topological polar surface area (TPSA) is 63.5 Å². The van der Waals surface area contributed by atoms with Gasteiger partial charge in [-0.25, -0.2) is 9.18 Å². The molecule has 1 heterocycles. The van der Waals surface area contributed by atoms with Gasteiger partial charge in [-0.1, -0.05) is 29.3 Å². The summed E-state index contributed by atoms with van der Waals surface area (Å²) in [6.07, 6.45) is 8.12. The number of halogens is 2. The second-order valence-electron chi connectivity index (χ2n) is 8.37. The number of benzene rings is 2. The standard InChI is InChI=1S/C26H28ClFN2O3/c1-33-20-9-10-21-22(15-29-12-11-17-5-3-2-4-6-17)25(26(31)32)30(24(21)14-20)16-18-7-8-19(28)13-23(18)27/h5,7-10,13-14,29H,2-4,6,11-12,15-16H2,1H3,(H,31,32). The van der Waals surface area contributed by atoms with E-state index in [0.717, 1.165) is 42.3 Å². The molecule has 3 aromatic rings. The molecule has 1 aliphatic carbocycles. The first-order valence-electron chi connectivity index (χ1n) is 11.2. The van der Waals surface area contributed by atoms with Crippen molar-refractivity contribution < 1.29 is 19.0 Å². The molecule has 0 radical (unpaired) electrons. The fourth-order valence-electron chi connectivity index (χ4n) is 4.53. The molecule has 0 spiro atoms. The van der Waals surface area contributed by atoms with Crippen LogP contribution in [0, 0.1) is 5.82 Å². The lowest BCUT2D eigenvalue weighted by Crippen LogP contribution is -2.19. The summed E-state index contributed by atoms with van der Waals surface area (Å²) >= 11 is 6.26. The minimum atomic E-state index is -1.02. The summed E-state index contributed by atoms with van der Waals surface area (Å²) < 4.78 is 20.6. The first-order valence-corrected chi connectivity index (χ1v) is 11.6. The van der Waals surface area contributed by atoms with Crippen molar-refractivity contribution >= 4 is 28.5 Å². The van der Waals surface area contributed by atoms with E-state index in [0.29, 0.717) is 17.9 Å². The van der Waals surface area contributed by atoms with Crippen LogP contribution in [0.15, 0.2) is 48.0 Å². The Kier molecular flexibility index (Phi) is 7.36. The Bertz CT molecular complexity index is 1200. The lowest BCUT2D eigenvalue weighted by atomic mass is 9.97.